The van der Waals surface area contributed by atoms with Crippen LogP contribution in [0.4, 0.5) is 0 Å². The van der Waals surface area contributed by atoms with Gasteiger partial charge >= 0.3 is 0 Å². The molecule has 2 nitrogen and oxygen atoms in total. The SMILES string of the molecule is CCC(C)(C)P(Cc1ccccc1C(P)(c1cccnc1)c1cccnc1)C(C)(C)CC. The van der Waals surface area contributed by atoms with Crippen molar-refractivity contribution < 1.29 is 0 Å². The summed E-state index contributed by atoms with van der Waals surface area (Å²) in [6.07, 6.45) is 11.2. The van der Waals surface area contributed by atoms with Gasteiger partial charge in [-0.3, -0.25) is 9.97 Å². The fourth-order valence-electron chi connectivity index (χ4n) is 4.51. The molecule has 0 aliphatic carbocycles. The van der Waals surface area contributed by atoms with Gasteiger partial charge in [-0.15, -0.1) is 9.24 Å². The average molecular weight is 465 g/mol. The molecule has 0 fully saturated rings. The summed E-state index contributed by atoms with van der Waals surface area (Å²) in [6.45, 7) is 14.6. The van der Waals surface area contributed by atoms with E-state index in [1.165, 1.54) is 35.1 Å². The van der Waals surface area contributed by atoms with Gasteiger partial charge in [0.2, 0.25) is 0 Å². The Labute approximate surface area is 198 Å². The predicted molar refractivity (Wildman–Crippen MR) is 144 cm³/mol. The van der Waals surface area contributed by atoms with E-state index >= 15 is 0 Å². The van der Waals surface area contributed by atoms with Crippen LogP contribution in [0.15, 0.2) is 73.3 Å². The maximum atomic E-state index is 4.47. The Bertz CT molecular complexity index is 945. The standard InChI is InChI=1S/C28H38N2P2/c1-7-26(3,4)32(27(5,6)8-2)21-22-13-9-10-16-25(22)28(31,23-14-11-17-29-19-23)24-15-12-18-30-20-24/h9-20H,7-8,21,31H2,1-6H3. The highest BCUT2D eigenvalue weighted by molar-refractivity contribution is 7.60. The molecule has 4 heteroatoms. The highest BCUT2D eigenvalue weighted by Crippen LogP contribution is 2.64. The summed E-state index contributed by atoms with van der Waals surface area (Å²) >= 11 is 0. The van der Waals surface area contributed by atoms with Gasteiger partial charge in [0, 0.05) is 24.8 Å². The quantitative estimate of drug-likeness (QED) is 0.300. The minimum Gasteiger partial charge on any atom is -0.264 e. The van der Waals surface area contributed by atoms with E-state index in [9.17, 15) is 0 Å². The zero-order valence-electron chi connectivity index (χ0n) is 20.5. The number of hydrogen-bond donors (Lipinski definition) is 0. The van der Waals surface area contributed by atoms with Crippen LogP contribution in [0.2, 0.25) is 0 Å². The lowest BCUT2D eigenvalue weighted by molar-refractivity contribution is 0.601. The Morgan fingerprint density at radius 1 is 0.750 bits per heavy atom. The van der Waals surface area contributed by atoms with Gasteiger partial charge in [-0.1, -0.05) is 85.9 Å². The summed E-state index contributed by atoms with van der Waals surface area (Å²) in [6, 6.07) is 17.4. The van der Waals surface area contributed by atoms with E-state index in [4.69, 9.17) is 0 Å². The van der Waals surface area contributed by atoms with Crippen molar-refractivity contribution in [1.29, 1.82) is 0 Å². The Morgan fingerprint density at radius 2 is 1.25 bits per heavy atom. The van der Waals surface area contributed by atoms with Gasteiger partial charge in [-0.2, -0.15) is 0 Å². The molecule has 0 spiro atoms. The first-order valence-electron chi connectivity index (χ1n) is 11.6. The third-order valence-corrected chi connectivity index (χ3v) is 12.4. The number of benzene rings is 1. The monoisotopic (exact) mass is 464 g/mol. The fourth-order valence-corrected chi connectivity index (χ4v) is 9.01. The van der Waals surface area contributed by atoms with Crippen molar-refractivity contribution in [1.82, 2.24) is 9.97 Å². The molecule has 3 aromatic rings. The summed E-state index contributed by atoms with van der Waals surface area (Å²) in [4.78, 5) is 8.94. The Morgan fingerprint density at radius 3 is 1.69 bits per heavy atom. The molecule has 1 unspecified atom stereocenters. The highest BCUT2D eigenvalue weighted by atomic mass is 31.1. The van der Waals surface area contributed by atoms with E-state index in [2.05, 4.69) is 97.1 Å². The van der Waals surface area contributed by atoms with E-state index in [1.54, 1.807) is 0 Å². The lowest BCUT2D eigenvalue weighted by Crippen LogP contribution is -2.31. The van der Waals surface area contributed by atoms with E-state index in [1.807, 2.05) is 36.9 Å². The number of aromatic nitrogens is 2. The van der Waals surface area contributed by atoms with Crippen LogP contribution in [0.3, 0.4) is 0 Å². The Balaban J connectivity index is 2.20. The van der Waals surface area contributed by atoms with Crippen LogP contribution >= 0.6 is 17.2 Å². The molecule has 1 aromatic carbocycles. The molecule has 0 amide bonds. The van der Waals surface area contributed by atoms with Gasteiger partial charge in [0.1, 0.15) is 0 Å². The molecule has 1 atom stereocenters. The van der Waals surface area contributed by atoms with Crippen molar-refractivity contribution in [3.05, 3.63) is 95.6 Å². The third-order valence-electron chi connectivity index (χ3n) is 7.20. The smallest absolute Gasteiger partial charge is 0.0624 e. The zero-order chi connectivity index (χ0) is 23.4. The van der Waals surface area contributed by atoms with Gasteiger partial charge in [-0.25, -0.2) is 0 Å². The minimum absolute atomic E-state index is 0.265. The van der Waals surface area contributed by atoms with E-state index in [-0.39, 0.29) is 7.92 Å². The lowest BCUT2D eigenvalue weighted by atomic mass is 9.83. The van der Waals surface area contributed by atoms with Gasteiger partial charge in [-0.05, 0) is 63.7 Å². The van der Waals surface area contributed by atoms with Gasteiger partial charge < -0.3 is 0 Å². The van der Waals surface area contributed by atoms with Crippen LogP contribution in [0.25, 0.3) is 0 Å². The molecular weight excluding hydrogens is 426 g/mol. The van der Waals surface area contributed by atoms with Crippen LogP contribution in [0.5, 0.6) is 0 Å². The molecule has 2 heterocycles. The van der Waals surface area contributed by atoms with Crippen molar-refractivity contribution in [2.45, 2.75) is 76.0 Å². The Kier molecular flexibility index (Phi) is 7.90. The number of nitrogens with zero attached hydrogens (tertiary/aromatic N) is 2. The molecule has 2 aromatic heterocycles. The number of hydrogen-bond acceptors (Lipinski definition) is 2. The summed E-state index contributed by atoms with van der Waals surface area (Å²) in [5.41, 5.74) is 5.10. The average Bonchev–Trinajstić information content (AvgIpc) is 2.83. The maximum Gasteiger partial charge on any atom is 0.0624 e. The summed E-state index contributed by atoms with van der Waals surface area (Å²) < 4.78 is 0. The van der Waals surface area contributed by atoms with Gasteiger partial charge in [0.25, 0.3) is 0 Å². The molecule has 0 N–H and O–H groups in total. The molecule has 0 saturated heterocycles. The van der Waals surface area contributed by atoms with Gasteiger partial charge in [0.05, 0.1) is 5.16 Å². The first kappa shape index (κ1) is 25.0. The molecule has 0 aliphatic rings. The highest BCUT2D eigenvalue weighted by Gasteiger charge is 2.40. The van der Waals surface area contributed by atoms with Crippen molar-refractivity contribution >= 4 is 17.2 Å². The van der Waals surface area contributed by atoms with Crippen molar-refractivity contribution in [3.63, 3.8) is 0 Å². The molecule has 0 saturated carbocycles. The number of rotatable bonds is 9. The van der Waals surface area contributed by atoms with Crippen LogP contribution in [-0.4, -0.2) is 20.3 Å². The first-order valence-corrected chi connectivity index (χ1v) is 13.7. The van der Waals surface area contributed by atoms with E-state index in [0.29, 0.717) is 10.3 Å². The zero-order valence-corrected chi connectivity index (χ0v) is 22.5. The van der Waals surface area contributed by atoms with Crippen LogP contribution in [0.1, 0.15) is 76.6 Å². The molecule has 170 valence electrons. The topological polar surface area (TPSA) is 25.8 Å². The van der Waals surface area contributed by atoms with Crippen LogP contribution in [0, 0.1) is 0 Å². The molecule has 0 radical (unpaired) electrons. The minimum atomic E-state index is -0.396. The molecular formula is C28H38N2P2. The van der Waals surface area contributed by atoms with E-state index < -0.39 is 5.16 Å². The van der Waals surface area contributed by atoms with Crippen molar-refractivity contribution in [2.75, 3.05) is 0 Å². The molecule has 32 heavy (non-hydrogen) atoms. The second-order valence-corrected chi connectivity index (χ2v) is 14.3. The maximum absolute atomic E-state index is 4.47. The van der Waals surface area contributed by atoms with Crippen molar-refractivity contribution in [3.8, 4) is 0 Å². The number of pyridine rings is 2. The molecule has 0 bridgehead atoms. The second-order valence-electron chi connectivity index (χ2n) is 9.87. The summed E-state index contributed by atoms with van der Waals surface area (Å²) in [5, 5.41) is 0.231. The predicted octanol–water partition coefficient (Wildman–Crippen LogP) is 8.00. The van der Waals surface area contributed by atoms with Crippen molar-refractivity contribution in [2.24, 2.45) is 0 Å². The Hall–Kier alpha value is -1.62. The summed E-state index contributed by atoms with van der Waals surface area (Å²) in [7, 11) is 2.90. The van der Waals surface area contributed by atoms with Crippen LogP contribution in [-0.2, 0) is 11.3 Å². The largest absolute Gasteiger partial charge is 0.264 e. The van der Waals surface area contributed by atoms with E-state index in [0.717, 1.165) is 6.16 Å². The van der Waals surface area contributed by atoms with Crippen LogP contribution < -0.4 is 0 Å². The normalized spacial score (nSPS) is 12.9. The lowest BCUT2D eigenvalue weighted by Gasteiger charge is -2.46. The summed E-state index contributed by atoms with van der Waals surface area (Å²) in [5.74, 6) is 0. The second kappa shape index (κ2) is 10.1. The van der Waals surface area contributed by atoms with Gasteiger partial charge in [0.15, 0.2) is 0 Å². The third kappa shape index (κ3) is 4.98. The first-order chi connectivity index (χ1) is 15.2. The molecule has 0 aliphatic heterocycles. The fraction of sp³-hybridized carbons (Fsp3) is 0.429. The molecule has 3 rings (SSSR count).